The van der Waals surface area contributed by atoms with E-state index < -0.39 is 0 Å². The van der Waals surface area contributed by atoms with Crippen molar-refractivity contribution in [2.75, 3.05) is 13.7 Å². The number of hydrogen-bond donors (Lipinski definition) is 1. The van der Waals surface area contributed by atoms with Crippen LogP contribution in [0.3, 0.4) is 0 Å². The van der Waals surface area contributed by atoms with E-state index in [0.29, 0.717) is 5.56 Å². The molecule has 4 heteroatoms. The van der Waals surface area contributed by atoms with E-state index in [-0.39, 0.29) is 18.2 Å². The van der Waals surface area contributed by atoms with Crippen molar-refractivity contribution in [3.8, 4) is 11.1 Å². The van der Waals surface area contributed by atoms with E-state index in [4.69, 9.17) is 0 Å². The van der Waals surface area contributed by atoms with Crippen molar-refractivity contribution < 1.29 is 13.9 Å². The third kappa shape index (κ3) is 4.63. The number of halogens is 1. The van der Waals surface area contributed by atoms with Gasteiger partial charge in [-0.3, -0.25) is 4.79 Å². The molecule has 3 nitrogen and oxygen atoms in total. The third-order valence-corrected chi connectivity index (χ3v) is 3.67. The van der Waals surface area contributed by atoms with Gasteiger partial charge in [0.1, 0.15) is 5.82 Å². The Hall–Kier alpha value is -2.20. The molecule has 2 rings (SSSR count). The number of esters is 1. The molecule has 0 aromatic heterocycles. The number of benzene rings is 2. The Morgan fingerprint density at radius 1 is 1.22 bits per heavy atom. The van der Waals surface area contributed by atoms with Gasteiger partial charge in [0.15, 0.2) is 0 Å². The largest absolute Gasteiger partial charge is 0.469 e. The Morgan fingerprint density at radius 2 is 2.00 bits per heavy atom. The third-order valence-electron chi connectivity index (χ3n) is 3.67. The molecular weight excluding hydrogens is 293 g/mol. The predicted octanol–water partition coefficient (Wildman–Crippen LogP) is 3.63. The quantitative estimate of drug-likeness (QED) is 0.827. The topological polar surface area (TPSA) is 38.3 Å². The first kappa shape index (κ1) is 17.2. The fourth-order valence-electron chi connectivity index (χ4n) is 2.56. The van der Waals surface area contributed by atoms with Gasteiger partial charge >= 0.3 is 5.97 Å². The standard InChI is InChI=1S/C19H22FNO2/c1-4-21-12-16-7-13(2)5-6-18(16)15-8-14(9-17(20)11-15)10-19(22)23-3/h5-9,11,21H,4,10,12H2,1-3H3. The summed E-state index contributed by atoms with van der Waals surface area (Å²) in [6, 6.07) is 10.8. The van der Waals surface area contributed by atoms with Gasteiger partial charge in [-0.2, -0.15) is 0 Å². The summed E-state index contributed by atoms with van der Waals surface area (Å²) in [5, 5.41) is 3.30. The Balaban J connectivity index is 2.42. The fraction of sp³-hybridized carbons (Fsp3) is 0.316. The molecule has 0 radical (unpaired) electrons. The van der Waals surface area contributed by atoms with Gasteiger partial charge in [0.05, 0.1) is 13.5 Å². The number of methoxy groups -OCH3 is 1. The van der Waals surface area contributed by atoms with E-state index in [1.807, 2.05) is 32.0 Å². The Bertz CT molecular complexity index is 698. The van der Waals surface area contributed by atoms with Crippen LogP contribution in [0.5, 0.6) is 0 Å². The molecule has 0 atom stereocenters. The Morgan fingerprint density at radius 3 is 2.70 bits per heavy atom. The zero-order valence-electron chi connectivity index (χ0n) is 13.8. The number of nitrogens with one attached hydrogen (secondary N) is 1. The summed E-state index contributed by atoms with van der Waals surface area (Å²) in [6.07, 6.45) is 0.0651. The molecule has 0 aliphatic carbocycles. The van der Waals surface area contributed by atoms with Gasteiger partial charge in [0, 0.05) is 6.54 Å². The first-order valence-electron chi connectivity index (χ1n) is 7.70. The lowest BCUT2D eigenvalue weighted by Gasteiger charge is -2.13. The van der Waals surface area contributed by atoms with Gasteiger partial charge in [-0.25, -0.2) is 4.39 Å². The SMILES string of the molecule is CCNCc1cc(C)ccc1-c1cc(F)cc(CC(=O)OC)c1. The van der Waals surface area contributed by atoms with Crippen LogP contribution in [-0.2, 0) is 22.5 Å². The monoisotopic (exact) mass is 315 g/mol. The molecule has 0 fully saturated rings. The summed E-state index contributed by atoms with van der Waals surface area (Å²) in [5.41, 5.74) is 4.63. The van der Waals surface area contributed by atoms with Crippen LogP contribution >= 0.6 is 0 Å². The van der Waals surface area contributed by atoms with Gasteiger partial charge in [-0.05, 0) is 47.9 Å². The molecule has 2 aromatic rings. The smallest absolute Gasteiger partial charge is 0.309 e. The molecule has 0 saturated heterocycles. The van der Waals surface area contributed by atoms with Gasteiger partial charge in [-0.15, -0.1) is 0 Å². The minimum Gasteiger partial charge on any atom is -0.469 e. The molecule has 0 unspecified atom stereocenters. The summed E-state index contributed by atoms with van der Waals surface area (Å²) >= 11 is 0. The van der Waals surface area contributed by atoms with Crippen LogP contribution in [0.15, 0.2) is 36.4 Å². The number of rotatable bonds is 6. The summed E-state index contributed by atoms with van der Waals surface area (Å²) in [4.78, 5) is 11.4. The first-order valence-corrected chi connectivity index (χ1v) is 7.70. The molecule has 0 amide bonds. The lowest BCUT2D eigenvalue weighted by atomic mass is 9.95. The molecular formula is C19H22FNO2. The molecule has 23 heavy (non-hydrogen) atoms. The molecule has 122 valence electrons. The number of aryl methyl sites for hydroxylation is 1. The first-order chi connectivity index (χ1) is 11.0. The van der Waals surface area contributed by atoms with Crippen LogP contribution in [0.1, 0.15) is 23.6 Å². The Labute approximate surface area is 136 Å². The minimum absolute atomic E-state index is 0.0651. The van der Waals surface area contributed by atoms with E-state index in [1.54, 1.807) is 0 Å². The zero-order chi connectivity index (χ0) is 16.8. The van der Waals surface area contributed by atoms with Crippen molar-refractivity contribution in [3.05, 3.63) is 58.9 Å². The second-order valence-corrected chi connectivity index (χ2v) is 5.54. The highest BCUT2D eigenvalue weighted by Crippen LogP contribution is 2.27. The molecule has 0 bridgehead atoms. The highest BCUT2D eigenvalue weighted by atomic mass is 19.1. The highest BCUT2D eigenvalue weighted by molar-refractivity contribution is 5.74. The van der Waals surface area contributed by atoms with E-state index in [0.717, 1.165) is 35.3 Å². The van der Waals surface area contributed by atoms with Gasteiger partial charge in [0.25, 0.3) is 0 Å². The van der Waals surface area contributed by atoms with E-state index in [9.17, 15) is 9.18 Å². The molecule has 0 aliphatic heterocycles. The van der Waals surface area contributed by atoms with Crippen molar-refractivity contribution in [3.63, 3.8) is 0 Å². The van der Waals surface area contributed by atoms with E-state index >= 15 is 0 Å². The van der Waals surface area contributed by atoms with Crippen LogP contribution in [0.4, 0.5) is 4.39 Å². The fourth-order valence-corrected chi connectivity index (χ4v) is 2.56. The number of carbonyl (C=O) groups is 1. The van der Waals surface area contributed by atoms with Gasteiger partial charge < -0.3 is 10.1 Å². The maximum Gasteiger partial charge on any atom is 0.309 e. The number of carbonyl (C=O) groups excluding carboxylic acids is 1. The van der Waals surface area contributed by atoms with Crippen molar-refractivity contribution in [1.82, 2.24) is 5.32 Å². The normalized spacial score (nSPS) is 10.6. The highest BCUT2D eigenvalue weighted by Gasteiger charge is 2.10. The van der Waals surface area contributed by atoms with Gasteiger partial charge in [-0.1, -0.05) is 36.8 Å². The molecule has 0 spiro atoms. The summed E-state index contributed by atoms with van der Waals surface area (Å²) in [7, 11) is 1.33. The zero-order valence-corrected chi connectivity index (χ0v) is 13.8. The number of hydrogen-bond acceptors (Lipinski definition) is 3. The molecule has 0 aliphatic rings. The van der Waals surface area contributed by atoms with Gasteiger partial charge in [0.2, 0.25) is 0 Å². The Kier molecular flexibility index (Phi) is 5.88. The van der Waals surface area contributed by atoms with Crippen LogP contribution < -0.4 is 5.32 Å². The second kappa shape index (κ2) is 7.88. The maximum absolute atomic E-state index is 14.0. The average molecular weight is 315 g/mol. The van der Waals surface area contributed by atoms with Crippen molar-refractivity contribution >= 4 is 5.97 Å². The lowest BCUT2D eigenvalue weighted by molar-refractivity contribution is -0.139. The van der Waals surface area contributed by atoms with E-state index in [1.165, 1.54) is 19.2 Å². The van der Waals surface area contributed by atoms with Crippen LogP contribution in [0.25, 0.3) is 11.1 Å². The molecule has 1 N–H and O–H groups in total. The van der Waals surface area contributed by atoms with Crippen molar-refractivity contribution in [2.24, 2.45) is 0 Å². The van der Waals surface area contributed by atoms with Crippen LogP contribution in [0.2, 0.25) is 0 Å². The van der Waals surface area contributed by atoms with Crippen LogP contribution in [-0.4, -0.2) is 19.6 Å². The van der Waals surface area contributed by atoms with Crippen LogP contribution in [0, 0.1) is 12.7 Å². The predicted molar refractivity (Wildman–Crippen MR) is 89.7 cm³/mol. The molecule has 2 aromatic carbocycles. The average Bonchev–Trinajstić information content (AvgIpc) is 2.52. The maximum atomic E-state index is 14.0. The van der Waals surface area contributed by atoms with Crippen molar-refractivity contribution in [2.45, 2.75) is 26.8 Å². The summed E-state index contributed by atoms with van der Waals surface area (Å²) in [6.45, 7) is 5.67. The van der Waals surface area contributed by atoms with Crippen molar-refractivity contribution in [1.29, 1.82) is 0 Å². The van der Waals surface area contributed by atoms with E-state index in [2.05, 4.69) is 16.1 Å². The second-order valence-electron chi connectivity index (χ2n) is 5.54. The number of ether oxygens (including phenoxy) is 1. The molecule has 0 saturated carbocycles. The summed E-state index contributed by atoms with van der Waals surface area (Å²) in [5.74, 6) is -0.727. The minimum atomic E-state index is -0.377. The lowest BCUT2D eigenvalue weighted by Crippen LogP contribution is -2.12. The molecule has 0 heterocycles. The summed E-state index contributed by atoms with van der Waals surface area (Å²) < 4.78 is 18.6.